The van der Waals surface area contributed by atoms with Gasteiger partial charge in [0.1, 0.15) is 12.9 Å². The summed E-state index contributed by atoms with van der Waals surface area (Å²) in [4.78, 5) is 10.8. The third kappa shape index (κ3) is 3.61. The maximum Gasteiger partial charge on any atom is 0.175 e. The Hall–Kier alpha value is -1.33. The Bertz CT molecular complexity index is 627. The molecule has 0 radical (unpaired) electrons. The molecule has 5 heteroatoms. The van der Waals surface area contributed by atoms with Gasteiger partial charge in [-0.15, -0.1) is 0 Å². The number of carbonyl (C=O) groups excluding carboxylic acids is 1. The Morgan fingerprint density at radius 1 is 1.20 bits per heavy atom. The largest absolute Gasteiger partial charge is 0.493 e. The lowest BCUT2D eigenvalue weighted by molar-refractivity contribution is 0.112. The van der Waals surface area contributed by atoms with Crippen LogP contribution in [0.3, 0.4) is 0 Å². The summed E-state index contributed by atoms with van der Waals surface area (Å²) in [7, 11) is 1.54. The van der Waals surface area contributed by atoms with Gasteiger partial charge in [0.15, 0.2) is 11.5 Å². The minimum absolute atomic E-state index is 0.412. The Kier molecular flexibility index (Phi) is 5.20. The molecule has 3 nitrogen and oxygen atoms in total. The molecule has 0 spiro atoms. The van der Waals surface area contributed by atoms with Gasteiger partial charge in [0.25, 0.3) is 0 Å². The molecule has 0 atom stereocenters. The molecular weight excluding hydrogens is 388 g/mol. The number of methoxy groups -OCH3 is 1. The SMILES string of the molecule is COc1cc(C=O)cc(Br)c1OCc1cccc(Br)c1. The fourth-order valence-electron chi connectivity index (χ4n) is 1.73. The molecule has 0 aliphatic carbocycles. The number of carbonyl (C=O) groups is 1. The molecular formula is C15H12Br2O3. The monoisotopic (exact) mass is 398 g/mol. The lowest BCUT2D eigenvalue weighted by Gasteiger charge is -2.13. The summed E-state index contributed by atoms with van der Waals surface area (Å²) < 4.78 is 12.7. The maximum absolute atomic E-state index is 10.8. The Balaban J connectivity index is 2.22. The van der Waals surface area contributed by atoms with E-state index in [-0.39, 0.29) is 0 Å². The number of benzene rings is 2. The highest BCUT2D eigenvalue weighted by Crippen LogP contribution is 2.36. The summed E-state index contributed by atoms with van der Waals surface area (Å²) in [6, 6.07) is 11.2. The third-order valence-electron chi connectivity index (χ3n) is 2.66. The van der Waals surface area contributed by atoms with Crippen molar-refractivity contribution in [2.24, 2.45) is 0 Å². The van der Waals surface area contributed by atoms with E-state index in [4.69, 9.17) is 9.47 Å². The number of aldehydes is 1. The zero-order valence-corrected chi connectivity index (χ0v) is 13.9. The van der Waals surface area contributed by atoms with Crippen LogP contribution in [0.25, 0.3) is 0 Å². The maximum atomic E-state index is 10.8. The summed E-state index contributed by atoms with van der Waals surface area (Å²) in [6.07, 6.45) is 0.769. The van der Waals surface area contributed by atoms with Crippen LogP contribution in [-0.2, 0) is 6.61 Å². The Morgan fingerprint density at radius 2 is 2.00 bits per heavy atom. The second-order valence-electron chi connectivity index (χ2n) is 4.07. The van der Waals surface area contributed by atoms with E-state index in [9.17, 15) is 4.79 Å². The van der Waals surface area contributed by atoms with Crippen molar-refractivity contribution in [1.82, 2.24) is 0 Å². The van der Waals surface area contributed by atoms with Gasteiger partial charge in [0.05, 0.1) is 11.6 Å². The molecule has 0 saturated heterocycles. The predicted molar refractivity (Wildman–Crippen MR) is 84.6 cm³/mol. The summed E-state index contributed by atoms with van der Waals surface area (Å²) in [6.45, 7) is 0.412. The van der Waals surface area contributed by atoms with Crippen molar-refractivity contribution in [3.63, 3.8) is 0 Å². The molecule has 0 N–H and O–H groups in total. The number of halogens is 2. The van der Waals surface area contributed by atoms with Gasteiger partial charge in [-0.2, -0.15) is 0 Å². The van der Waals surface area contributed by atoms with Crippen molar-refractivity contribution in [1.29, 1.82) is 0 Å². The summed E-state index contributed by atoms with van der Waals surface area (Å²) in [5.74, 6) is 1.11. The van der Waals surface area contributed by atoms with E-state index >= 15 is 0 Å². The number of rotatable bonds is 5. The van der Waals surface area contributed by atoms with Crippen LogP contribution in [0.5, 0.6) is 11.5 Å². The van der Waals surface area contributed by atoms with E-state index < -0.39 is 0 Å². The van der Waals surface area contributed by atoms with Crippen LogP contribution in [0.4, 0.5) is 0 Å². The topological polar surface area (TPSA) is 35.5 Å². The lowest BCUT2D eigenvalue weighted by atomic mass is 10.2. The van der Waals surface area contributed by atoms with Crippen LogP contribution in [0.1, 0.15) is 15.9 Å². The van der Waals surface area contributed by atoms with Crippen molar-refractivity contribution in [2.45, 2.75) is 6.61 Å². The van der Waals surface area contributed by atoms with Gasteiger partial charge < -0.3 is 9.47 Å². The normalized spacial score (nSPS) is 10.2. The lowest BCUT2D eigenvalue weighted by Crippen LogP contribution is -1.99. The fraction of sp³-hybridized carbons (Fsp3) is 0.133. The minimum atomic E-state index is 0.412. The molecule has 0 fully saturated rings. The predicted octanol–water partition coefficient (Wildman–Crippen LogP) is 4.61. The van der Waals surface area contributed by atoms with Gasteiger partial charge >= 0.3 is 0 Å². The molecule has 0 heterocycles. The van der Waals surface area contributed by atoms with Gasteiger partial charge in [0.2, 0.25) is 0 Å². The molecule has 0 unspecified atom stereocenters. The first-order chi connectivity index (χ1) is 9.63. The first-order valence-corrected chi connectivity index (χ1v) is 7.42. The standard InChI is InChI=1S/C15H12Br2O3/c1-19-14-7-11(8-18)6-13(17)15(14)20-9-10-3-2-4-12(16)5-10/h2-8H,9H2,1H3. The first-order valence-electron chi connectivity index (χ1n) is 5.84. The van der Waals surface area contributed by atoms with Crippen molar-refractivity contribution in [2.75, 3.05) is 7.11 Å². The van der Waals surface area contributed by atoms with Crippen LogP contribution in [0.2, 0.25) is 0 Å². The number of ether oxygens (including phenoxy) is 2. The van der Waals surface area contributed by atoms with Crippen molar-refractivity contribution in [3.05, 3.63) is 56.5 Å². The van der Waals surface area contributed by atoms with E-state index in [1.54, 1.807) is 19.2 Å². The molecule has 104 valence electrons. The van der Waals surface area contributed by atoms with Crippen LogP contribution in [0.15, 0.2) is 45.3 Å². The molecule has 0 amide bonds. The molecule has 0 aliphatic rings. The molecule has 20 heavy (non-hydrogen) atoms. The van der Waals surface area contributed by atoms with E-state index in [1.165, 1.54) is 0 Å². The summed E-state index contributed by atoms with van der Waals surface area (Å²) >= 11 is 6.82. The molecule has 2 aromatic rings. The molecule has 0 saturated carbocycles. The van der Waals surface area contributed by atoms with Gasteiger partial charge in [-0.1, -0.05) is 28.1 Å². The zero-order valence-electron chi connectivity index (χ0n) is 10.7. The first kappa shape index (κ1) is 15.1. The van der Waals surface area contributed by atoms with Crippen LogP contribution in [0, 0.1) is 0 Å². The third-order valence-corrected chi connectivity index (χ3v) is 3.74. The quantitative estimate of drug-likeness (QED) is 0.688. The number of hydrogen-bond donors (Lipinski definition) is 0. The fourth-order valence-corrected chi connectivity index (χ4v) is 2.75. The van der Waals surface area contributed by atoms with E-state index in [0.29, 0.717) is 28.1 Å². The second-order valence-corrected chi connectivity index (χ2v) is 5.84. The van der Waals surface area contributed by atoms with E-state index in [0.717, 1.165) is 16.3 Å². The van der Waals surface area contributed by atoms with E-state index in [1.807, 2.05) is 24.3 Å². The summed E-state index contributed by atoms with van der Waals surface area (Å²) in [5.41, 5.74) is 1.57. The molecule has 2 rings (SSSR count). The second kappa shape index (κ2) is 6.90. The van der Waals surface area contributed by atoms with Crippen molar-refractivity contribution in [3.8, 4) is 11.5 Å². The Morgan fingerprint density at radius 3 is 2.65 bits per heavy atom. The van der Waals surface area contributed by atoms with Gasteiger partial charge in [-0.05, 0) is 45.8 Å². The average molecular weight is 400 g/mol. The van der Waals surface area contributed by atoms with Crippen LogP contribution >= 0.6 is 31.9 Å². The van der Waals surface area contributed by atoms with Gasteiger partial charge in [-0.3, -0.25) is 4.79 Å². The minimum Gasteiger partial charge on any atom is -0.493 e. The molecule has 2 aromatic carbocycles. The highest BCUT2D eigenvalue weighted by molar-refractivity contribution is 9.10. The zero-order chi connectivity index (χ0) is 14.5. The molecule has 0 bridgehead atoms. The average Bonchev–Trinajstić information content (AvgIpc) is 2.45. The molecule has 0 aliphatic heterocycles. The van der Waals surface area contributed by atoms with E-state index in [2.05, 4.69) is 31.9 Å². The van der Waals surface area contributed by atoms with Gasteiger partial charge in [0, 0.05) is 10.0 Å². The highest BCUT2D eigenvalue weighted by Gasteiger charge is 2.11. The smallest absolute Gasteiger partial charge is 0.175 e. The van der Waals surface area contributed by atoms with Crippen molar-refractivity contribution < 1.29 is 14.3 Å². The summed E-state index contributed by atoms with van der Waals surface area (Å²) in [5, 5.41) is 0. The Labute approximate surface area is 134 Å². The number of hydrogen-bond acceptors (Lipinski definition) is 3. The van der Waals surface area contributed by atoms with Crippen molar-refractivity contribution >= 4 is 38.1 Å². The highest BCUT2D eigenvalue weighted by atomic mass is 79.9. The van der Waals surface area contributed by atoms with Crippen LogP contribution in [-0.4, -0.2) is 13.4 Å². The van der Waals surface area contributed by atoms with Crippen LogP contribution < -0.4 is 9.47 Å². The molecule has 0 aromatic heterocycles. The van der Waals surface area contributed by atoms with Gasteiger partial charge in [-0.25, -0.2) is 0 Å².